The number of nitrogens with zero attached hydrogens (tertiary/aromatic N) is 2. The Morgan fingerprint density at radius 2 is 2.31 bits per heavy atom. The summed E-state index contributed by atoms with van der Waals surface area (Å²) in [5, 5.41) is 10.8. The first-order valence-corrected chi connectivity index (χ1v) is 5.62. The molecule has 0 aliphatic carbocycles. The van der Waals surface area contributed by atoms with E-state index in [-0.39, 0.29) is 23.1 Å². The molecule has 0 atom stereocenters. The van der Waals surface area contributed by atoms with Crippen LogP contribution < -0.4 is 5.73 Å². The van der Waals surface area contributed by atoms with Crippen molar-refractivity contribution in [3.8, 4) is 0 Å². The van der Waals surface area contributed by atoms with Crippen molar-refractivity contribution in [1.82, 2.24) is 0 Å². The smallest absolute Gasteiger partial charge is 0.296 e. The number of nitrogens with two attached hydrogens (primary N) is 1. The van der Waals surface area contributed by atoms with Crippen LogP contribution in [-0.4, -0.2) is 16.6 Å². The van der Waals surface area contributed by atoms with E-state index in [1.807, 2.05) is 0 Å². The molecule has 0 saturated heterocycles. The third kappa shape index (κ3) is 2.93. The van der Waals surface area contributed by atoms with Crippen LogP contribution in [0.4, 0.5) is 11.4 Å². The quantitative estimate of drug-likeness (QED) is 0.306. The second-order valence-electron chi connectivity index (χ2n) is 3.08. The number of nitro groups is 1. The van der Waals surface area contributed by atoms with E-state index in [4.69, 9.17) is 17.3 Å². The van der Waals surface area contributed by atoms with Crippen LogP contribution in [0.1, 0.15) is 5.56 Å². The molecule has 0 aromatic heterocycles. The van der Waals surface area contributed by atoms with Crippen LogP contribution in [0.2, 0.25) is 0 Å². The number of aryl methyl sites for hydroxylation is 1. The van der Waals surface area contributed by atoms with Crippen LogP contribution in [0.15, 0.2) is 21.6 Å². The van der Waals surface area contributed by atoms with E-state index in [0.717, 1.165) is 0 Å². The van der Waals surface area contributed by atoms with E-state index in [0.29, 0.717) is 10.0 Å². The molecule has 1 aromatic carbocycles. The zero-order valence-electron chi connectivity index (χ0n) is 8.41. The van der Waals surface area contributed by atoms with Gasteiger partial charge in [-0.1, -0.05) is 15.9 Å². The third-order valence-corrected chi connectivity index (χ3v) is 2.57. The van der Waals surface area contributed by atoms with Gasteiger partial charge in [-0.15, -0.1) is 11.6 Å². The van der Waals surface area contributed by atoms with Crippen molar-refractivity contribution in [2.75, 3.05) is 5.88 Å². The van der Waals surface area contributed by atoms with Gasteiger partial charge in [-0.05, 0) is 18.6 Å². The lowest BCUT2D eigenvalue weighted by atomic mass is 10.2. The zero-order valence-corrected chi connectivity index (χ0v) is 10.7. The first-order valence-electron chi connectivity index (χ1n) is 4.29. The Morgan fingerprint density at radius 1 is 1.69 bits per heavy atom. The minimum Gasteiger partial charge on any atom is -0.386 e. The molecule has 0 bridgehead atoms. The molecule has 0 heterocycles. The summed E-state index contributed by atoms with van der Waals surface area (Å²) < 4.78 is 0.625. The first-order chi connectivity index (χ1) is 7.45. The molecule has 1 rings (SSSR count). The summed E-state index contributed by atoms with van der Waals surface area (Å²) in [6.45, 7) is 1.72. The second-order valence-corrected chi connectivity index (χ2v) is 4.27. The van der Waals surface area contributed by atoms with Crippen molar-refractivity contribution in [2.45, 2.75) is 6.92 Å². The number of benzene rings is 1. The van der Waals surface area contributed by atoms with Gasteiger partial charge in [0, 0.05) is 10.5 Å². The van der Waals surface area contributed by atoms with E-state index >= 15 is 0 Å². The van der Waals surface area contributed by atoms with Crippen LogP contribution >= 0.6 is 27.5 Å². The first kappa shape index (κ1) is 12.9. The molecule has 86 valence electrons. The monoisotopic (exact) mass is 305 g/mol. The Labute approximate surface area is 106 Å². The molecular formula is C9H9BrClN3O2. The van der Waals surface area contributed by atoms with E-state index < -0.39 is 4.92 Å². The second kappa shape index (κ2) is 5.27. The minimum atomic E-state index is -0.502. The van der Waals surface area contributed by atoms with E-state index in [9.17, 15) is 10.1 Å². The highest BCUT2D eigenvalue weighted by molar-refractivity contribution is 9.10. The Bertz CT molecular complexity index is 462. The Morgan fingerprint density at radius 3 is 2.81 bits per heavy atom. The van der Waals surface area contributed by atoms with Crippen molar-refractivity contribution in [3.63, 3.8) is 0 Å². The minimum absolute atomic E-state index is 0.0344. The van der Waals surface area contributed by atoms with E-state index in [1.54, 1.807) is 13.0 Å². The molecule has 0 aliphatic heterocycles. The fourth-order valence-electron chi connectivity index (χ4n) is 1.18. The van der Waals surface area contributed by atoms with Gasteiger partial charge in [-0.3, -0.25) is 10.1 Å². The molecule has 0 radical (unpaired) electrons. The molecule has 0 fully saturated rings. The maximum absolute atomic E-state index is 10.8. The van der Waals surface area contributed by atoms with Gasteiger partial charge in [0.2, 0.25) is 0 Å². The number of hydrogen-bond donors (Lipinski definition) is 1. The maximum atomic E-state index is 10.8. The Hall–Kier alpha value is -1.14. The lowest BCUT2D eigenvalue weighted by molar-refractivity contribution is -0.384. The SMILES string of the molecule is Cc1cc(Br)cc([N+](=O)[O-])c1N=C(N)CCl. The van der Waals surface area contributed by atoms with Gasteiger partial charge < -0.3 is 5.73 Å². The molecular weight excluding hydrogens is 297 g/mol. The number of nitro benzene ring substituents is 1. The Balaban J connectivity index is 3.41. The number of amidine groups is 1. The predicted molar refractivity (Wildman–Crippen MR) is 67.5 cm³/mol. The maximum Gasteiger partial charge on any atom is 0.296 e. The summed E-state index contributed by atoms with van der Waals surface area (Å²) in [5.74, 6) is 0.183. The molecule has 0 saturated carbocycles. The molecule has 5 nitrogen and oxygen atoms in total. The van der Waals surface area contributed by atoms with Gasteiger partial charge in [-0.25, -0.2) is 4.99 Å². The van der Waals surface area contributed by atoms with Crippen LogP contribution in [0, 0.1) is 17.0 Å². The standard InChI is InChI=1S/C9H9BrClN3O2/c1-5-2-6(10)3-7(14(15)16)9(5)13-8(12)4-11/h2-3H,4H2,1H3,(H2,12,13). The number of alkyl halides is 1. The van der Waals surface area contributed by atoms with Crippen molar-refractivity contribution in [1.29, 1.82) is 0 Å². The van der Waals surface area contributed by atoms with Gasteiger partial charge in [0.05, 0.1) is 10.8 Å². The third-order valence-electron chi connectivity index (χ3n) is 1.83. The van der Waals surface area contributed by atoms with E-state index in [2.05, 4.69) is 20.9 Å². The summed E-state index contributed by atoms with van der Waals surface area (Å²) in [6.07, 6.45) is 0. The van der Waals surface area contributed by atoms with Gasteiger partial charge in [0.25, 0.3) is 5.69 Å². The fraction of sp³-hybridized carbons (Fsp3) is 0.222. The summed E-state index contributed by atoms with van der Waals surface area (Å²) in [6, 6.07) is 3.11. The van der Waals surface area contributed by atoms with Crippen molar-refractivity contribution in [3.05, 3.63) is 32.3 Å². The highest BCUT2D eigenvalue weighted by Crippen LogP contribution is 2.34. The lowest BCUT2D eigenvalue weighted by Gasteiger charge is -2.03. The van der Waals surface area contributed by atoms with Crippen LogP contribution in [0.3, 0.4) is 0 Å². The zero-order chi connectivity index (χ0) is 12.3. The summed E-state index contributed by atoms with van der Waals surface area (Å²) in [4.78, 5) is 14.3. The molecule has 2 N–H and O–H groups in total. The highest BCUT2D eigenvalue weighted by Gasteiger charge is 2.17. The van der Waals surface area contributed by atoms with Crippen molar-refractivity contribution in [2.24, 2.45) is 10.7 Å². The van der Waals surface area contributed by atoms with Crippen molar-refractivity contribution >= 4 is 44.7 Å². The number of rotatable bonds is 3. The number of aliphatic imine (C=N–C) groups is 1. The molecule has 0 unspecified atom stereocenters. The molecule has 0 aliphatic rings. The summed E-state index contributed by atoms with van der Waals surface area (Å²) >= 11 is 8.67. The number of hydrogen-bond acceptors (Lipinski definition) is 3. The van der Waals surface area contributed by atoms with Gasteiger partial charge in [-0.2, -0.15) is 0 Å². The molecule has 0 spiro atoms. The average molecular weight is 307 g/mol. The highest BCUT2D eigenvalue weighted by atomic mass is 79.9. The summed E-state index contributed by atoms with van der Waals surface area (Å²) in [7, 11) is 0. The fourth-order valence-corrected chi connectivity index (χ4v) is 1.80. The van der Waals surface area contributed by atoms with Crippen LogP contribution in [0.5, 0.6) is 0 Å². The van der Waals surface area contributed by atoms with Gasteiger partial charge in [0.15, 0.2) is 0 Å². The number of halogens is 2. The lowest BCUT2D eigenvalue weighted by Crippen LogP contribution is -2.12. The summed E-state index contributed by atoms with van der Waals surface area (Å²) in [5.41, 5.74) is 6.27. The largest absolute Gasteiger partial charge is 0.386 e. The average Bonchev–Trinajstić information content (AvgIpc) is 2.20. The molecule has 1 aromatic rings. The topological polar surface area (TPSA) is 81.5 Å². The van der Waals surface area contributed by atoms with Crippen LogP contribution in [0.25, 0.3) is 0 Å². The molecule has 16 heavy (non-hydrogen) atoms. The van der Waals surface area contributed by atoms with Gasteiger partial charge in [0.1, 0.15) is 11.5 Å². The van der Waals surface area contributed by atoms with Crippen molar-refractivity contribution < 1.29 is 4.92 Å². The van der Waals surface area contributed by atoms with E-state index in [1.165, 1.54) is 6.07 Å². The molecule has 0 amide bonds. The normalized spacial score (nSPS) is 11.6. The van der Waals surface area contributed by atoms with Crippen LogP contribution in [-0.2, 0) is 0 Å². The van der Waals surface area contributed by atoms with Gasteiger partial charge >= 0.3 is 0 Å². The Kier molecular flexibility index (Phi) is 4.26. The molecule has 7 heteroatoms. The predicted octanol–water partition coefficient (Wildman–Crippen LogP) is 2.89.